The highest BCUT2D eigenvalue weighted by Gasteiger charge is 2.25. The largest absolute Gasteiger partial charge is 0.354 e. The monoisotopic (exact) mass is 402 g/mol. The summed E-state index contributed by atoms with van der Waals surface area (Å²) in [5, 5.41) is 4.62. The standard InChI is InChI=1S/C23H19ClN4O/c1-14-6-10-17(13-25-14)26-22-18-11-9-16(15-7-8-15)12-21(18)28(23(29)27-22)20-5-3-2-4-19(20)24/h2-6,9-13,15H,7-8H2,1H3,(H,26,27,29). The molecular formula is C23H19ClN4O. The van der Waals surface area contributed by atoms with Gasteiger partial charge in [-0.3, -0.25) is 9.55 Å². The van der Waals surface area contributed by atoms with E-state index in [9.17, 15) is 4.79 Å². The molecule has 0 unspecified atom stereocenters. The fraction of sp³-hybridized carbons (Fsp3) is 0.174. The number of hydrogen-bond donors (Lipinski definition) is 1. The van der Waals surface area contributed by atoms with E-state index in [1.54, 1.807) is 16.8 Å². The number of aryl methyl sites for hydroxylation is 1. The first kappa shape index (κ1) is 17.9. The Morgan fingerprint density at radius 2 is 1.93 bits per heavy atom. The quantitative estimate of drug-likeness (QED) is 0.499. The Morgan fingerprint density at radius 3 is 2.66 bits per heavy atom. The highest BCUT2D eigenvalue weighted by Crippen LogP contribution is 2.41. The SMILES string of the molecule is Cc1ccc(Nc2nc(=O)n(-c3ccccc3Cl)c3cc(C4CC4)ccc23)cn1. The van der Waals surface area contributed by atoms with Crippen LogP contribution in [-0.4, -0.2) is 14.5 Å². The normalized spacial score (nSPS) is 13.6. The highest BCUT2D eigenvalue weighted by molar-refractivity contribution is 6.32. The first-order valence-electron chi connectivity index (χ1n) is 9.61. The van der Waals surface area contributed by atoms with E-state index >= 15 is 0 Å². The van der Waals surface area contributed by atoms with Crippen LogP contribution in [0.15, 0.2) is 65.6 Å². The Bertz CT molecular complexity index is 1280. The van der Waals surface area contributed by atoms with Crippen LogP contribution in [-0.2, 0) is 0 Å². The van der Waals surface area contributed by atoms with Crippen LogP contribution in [0.1, 0.15) is 30.0 Å². The number of hydrogen-bond acceptors (Lipinski definition) is 4. The molecule has 1 aliphatic rings. The van der Waals surface area contributed by atoms with E-state index in [0.29, 0.717) is 22.4 Å². The molecule has 5 nitrogen and oxygen atoms in total. The number of aromatic nitrogens is 3. The number of benzene rings is 2. The predicted molar refractivity (Wildman–Crippen MR) is 117 cm³/mol. The number of pyridine rings is 1. The number of rotatable bonds is 4. The summed E-state index contributed by atoms with van der Waals surface area (Å²) in [5.74, 6) is 1.08. The van der Waals surface area contributed by atoms with E-state index in [4.69, 9.17) is 11.6 Å². The Labute approximate surface area is 173 Å². The van der Waals surface area contributed by atoms with Crippen LogP contribution in [0.4, 0.5) is 11.5 Å². The molecule has 0 radical (unpaired) electrons. The second kappa shape index (κ2) is 7.01. The van der Waals surface area contributed by atoms with Gasteiger partial charge in [-0.2, -0.15) is 4.98 Å². The summed E-state index contributed by atoms with van der Waals surface area (Å²) < 4.78 is 1.60. The molecule has 144 valence electrons. The van der Waals surface area contributed by atoms with Gasteiger partial charge in [0.2, 0.25) is 0 Å². The second-order valence-electron chi connectivity index (χ2n) is 7.39. The van der Waals surface area contributed by atoms with Gasteiger partial charge in [0.1, 0.15) is 5.82 Å². The Kier molecular flexibility index (Phi) is 4.32. The smallest absolute Gasteiger partial charge is 0.338 e. The summed E-state index contributed by atoms with van der Waals surface area (Å²) in [6.07, 6.45) is 4.11. The topological polar surface area (TPSA) is 59.8 Å². The van der Waals surface area contributed by atoms with Crippen LogP contribution in [0.25, 0.3) is 16.6 Å². The molecule has 0 atom stereocenters. The lowest BCUT2D eigenvalue weighted by atomic mass is 10.1. The lowest BCUT2D eigenvalue weighted by Crippen LogP contribution is -2.23. The third kappa shape index (κ3) is 3.38. The fourth-order valence-electron chi connectivity index (χ4n) is 3.55. The summed E-state index contributed by atoms with van der Waals surface area (Å²) in [5.41, 5.74) is 4.01. The molecule has 6 heteroatoms. The lowest BCUT2D eigenvalue weighted by Gasteiger charge is -2.16. The van der Waals surface area contributed by atoms with Crippen molar-refractivity contribution < 1.29 is 0 Å². The average molecular weight is 403 g/mol. The zero-order valence-corrected chi connectivity index (χ0v) is 16.6. The van der Waals surface area contributed by atoms with E-state index in [2.05, 4.69) is 27.4 Å². The summed E-state index contributed by atoms with van der Waals surface area (Å²) in [4.78, 5) is 21.7. The number of para-hydroxylation sites is 1. The van der Waals surface area contributed by atoms with Crippen molar-refractivity contribution in [3.05, 3.63) is 87.6 Å². The first-order chi connectivity index (χ1) is 14.1. The van der Waals surface area contributed by atoms with Crippen molar-refractivity contribution in [2.45, 2.75) is 25.7 Å². The van der Waals surface area contributed by atoms with Gasteiger partial charge in [-0.15, -0.1) is 0 Å². The van der Waals surface area contributed by atoms with Crippen molar-refractivity contribution in [3.63, 3.8) is 0 Å². The predicted octanol–water partition coefficient (Wildman–Crippen LogP) is 5.36. The molecule has 2 aromatic heterocycles. The number of halogens is 1. The molecule has 5 rings (SSSR count). The third-order valence-corrected chi connectivity index (χ3v) is 5.55. The maximum absolute atomic E-state index is 13.1. The second-order valence-corrected chi connectivity index (χ2v) is 7.80. The van der Waals surface area contributed by atoms with Gasteiger partial charge in [0.05, 0.1) is 28.1 Å². The van der Waals surface area contributed by atoms with E-state index in [1.807, 2.05) is 43.3 Å². The number of anilines is 2. The summed E-state index contributed by atoms with van der Waals surface area (Å²) >= 11 is 6.42. The Hall–Kier alpha value is -3.18. The van der Waals surface area contributed by atoms with Gasteiger partial charge in [0.25, 0.3) is 0 Å². The summed E-state index contributed by atoms with van der Waals surface area (Å²) in [6.45, 7) is 1.93. The van der Waals surface area contributed by atoms with Gasteiger partial charge < -0.3 is 5.32 Å². The zero-order valence-electron chi connectivity index (χ0n) is 15.9. The van der Waals surface area contributed by atoms with Crippen molar-refractivity contribution in [1.29, 1.82) is 0 Å². The van der Waals surface area contributed by atoms with Crippen molar-refractivity contribution in [1.82, 2.24) is 14.5 Å². The molecule has 0 aliphatic heterocycles. The summed E-state index contributed by atoms with van der Waals surface area (Å²) in [7, 11) is 0. The van der Waals surface area contributed by atoms with Crippen molar-refractivity contribution in [2.24, 2.45) is 0 Å². The van der Waals surface area contributed by atoms with Crippen molar-refractivity contribution in [2.75, 3.05) is 5.32 Å². The fourth-order valence-corrected chi connectivity index (χ4v) is 3.77. The molecule has 1 N–H and O–H groups in total. The van der Waals surface area contributed by atoms with Crippen LogP contribution >= 0.6 is 11.6 Å². The molecule has 0 amide bonds. The summed E-state index contributed by atoms with van der Waals surface area (Å²) in [6, 6.07) is 17.4. The highest BCUT2D eigenvalue weighted by atomic mass is 35.5. The molecule has 1 aliphatic carbocycles. The Morgan fingerprint density at radius 1 is 1.10 bits per heavy atom. The minimum absolute atomic E-state index is 0.374. The minimum Gasteiger partial charge on any atom is -0.338 e. The van der Waals surface area contributed by atoms with Crippen molar-refractivity contribution in [3.8, 4) is 5.69 Å². The lowest BCUT2D eigenvalue weighted by molar-refractivity contribution is 0.959. The molecule has 0 bridgehead atoms. The molecule has 1 saturated carbocycles. The van der Waals surface area contributed by atoms with E-state index < -0.39 is 0 Å². The molecule has 4 aromatic rings. The maximum Gasteiger partial charge on any atom is 0.354 e. The number of nitrogens with one attached hydrogen (secondary N) is 1. The van der Waals surface area contributed by atoms with E-state index in [0.717, 1.165) is 22.3 Å². The number of nitrogens with zero attached hydrogens (tertiary/aromatic N) is 3. The first-order valence-corrected chi connectivity index (χ1v) is 9.99. The third-order valence-electron chi connectivity index (χ3n) is 5.23. The maximum atomic E-state index is 13.1. The van der Waals surface area contributed by atoms with Gasteiger partial charge in [0.15, 0.2) is 0 Å². The van der Waals surface area contributed by atoms with Crippen LogP contribution in [0.3, 0.4) is 0 Å². The van der Waals surface area contributed by atoms with Crippen LogP contribution in [0.5, 0.6) is 0 Å². The van der Waals surface area contributed by atoms with Gasteiger partial charge >= 0.3 is 5.69 Å². The van der Waals surface area contributed by atoms with Gasteiger partial charge in [-0.05, 0) is 67.6 Å². The van der Waals surface area contributed by atoms with Gasteiger partial charge in [-0.25, -0.2) is 4.79 Å². The number of fused-ring (bicyclic) bond motifs is 1. The van der Waals surface area contributed by atoms with Crippen LogP contribution < -0.4 is 11.0 Å². The van der Waals surface area contributed by atoms with E-state index in [-0.39, 0.29) is 5.69 Å². The molecule has 2 aromatic carbocycles. The van der Waals surface area contributed by atoms with Crippen LogP contribution in [0, 0.1) is 6.92 Å². The van der Waals surface area contributed by atoms with E-state index in [1.165, 1.54) is 18.4 Å². The van der Waals surface area contributed by atoms with Gasteiger partial charge in [0, 0.05) is 11.1 Å². The van der Waals surface area contributed by atoms with Gasteiger partial charge in [-0.1, -0.05) is 29.8 Å². The molecule has 1 fully saturated rings. The van der Waals surface area contributed by atoms with Crippen LogP contribution in [0.2, 0.25) is 5.02 Å². The molecule has 0 spiro atoms. The molecule has 2 heterocycles. The minimum atomic E-state index is -0.374. The Balaban J connectivity index is 1.74. The average Bonchev–Trinajstić information content (AvgIpc) is 3.56. The molecule has 29 heavy (non-hydrogen) atoms. The molecular weight excluding hydrogens is 384 g/mol. The zero-order chi connectivity index (χ0) is 20.0. The van der Waals surface area contributed by atoms with Crippen molar-refractivity contribution >= 4 is 34.0 Å². The molecule has 0 saturated heterocycles.